The van der Waals surface area contributed by atoms with Crippen molar-refractivity contribution in [3.05, 3.63) is 58.7 Å². The van der Waals surface area contributed by atoms with Gasteiger partial charge in [-0.15, -0.1) is 0 Å². The Hall–Kier alpha value is -2.71. The van der Waals surface area contributed by atoms with E-state index in [1.165, 1.54) is 10.5 Å². The van der Waals surface area contributed by atoms with Crippen molar-refractivity contribution >= 4 is 28.4 Å². The number of fused-ring (bicyclic) bond motifs is 2. The number of amides is 2. The molecule has 288 valence electrons. The van der Waals surface area contributed by atoms with E-state index in [1.54, 1.807) is 0 Å². The maximum absolute atomic E-state index is 15.1. The lowest BCUT2D eigenvalue weighted by molar-refractivity contribution is -0.149. The van der Waals surface area contributed by atoms with Crippen molar-refractivity contribution in [1.82, 2.24) is 4.90 Å². The van der Waals surface area contributed by atoms with Crippen LogP contribution >= 0.6 is 0 Å². The predicted molar refractivity (Wildman–Crippen MR) is 209 cm³/mol. The highest BCUT2D eigenvalue weighted by Crippen LogP contribution is 2.55. The van der Waals surface area contributed by atoms with Gasteiger partial charge in [0.25, 0.3) is 0 Å². The van der Waals surface area contributed by atoms with Gasteiger partial charge in [0, 0.05) is 33.1 Å². The minimum Gasteiger partial charge on any atom is -0.454 e. The summed E-state index contributed by atoms with van der Waals surface area (Å²) in [5.41, 5.74) is 4.99. The Balaban J connectivity index is 1.70. The number of imide groups is 1. The Kier molecular flexibility index (Phi) is 12.4. The average Bonchev–Trinajstić information content (AvgIpc) is 3.70. The summed E-state index contributed by atoms with van der Waals surface area (Å²) in [5, 5.41) is 0. The molecule has 1 fully saturated rings. The lowest BCUT2D eigenvalue weighted by Gasteiger charge is -2.47. The van der Waals surface area contributed by atoms with E-state index in [2.05, 4.69) is 106 Å². The van der Waals surface area contributed by atoms with E-state index in [0.717, 1.165) is 22.7 Å². The molecule has 5 rings (SSSR count). The molecule has 0 spiro atoms. The molecule has 3 aliphatic rings. The van der Waals surface area contributed by atoms with Crippen LogP contribution in [0.5, 0.6) is 11.5 Å². The number of hydrogen-bond acceptors (Lipinski definition) is 8. The Morgan fingerprint density at radius 1 is 0.904 bits per heavy atom. The van der Waals surface area contributed by atoms with Crippen LogP contribution in [0.1, 0.15) is 96.6 Å². The van der Waals surface area contributed by atoms with Crippen LogP contribution in [0.15, 0.2) is 36.4 Å². The lowest BCUT2D eigenvalue weighted by Crippen LogP contribution is -2.52. The molecule has 0 N–H and O–H groups in total. The third kappa shape index (κ3) is 8.33. The fourth-order valence-corrected chi connectivity index (χ4v) is 15.0. The first-order valence-electron chi connectivity index (χ1n) is 19.2. The summed E-state index contributed by atoms with van der Waals surface area (Å²) in [6.45, 7) is 28.6. The van der Waals surface area contributed by atoms with Crippen molar-refractivity contribution in [3.63, 3.8) is 0 Å². The molecule has 2 heterocycles. The summed E-state index contributed by atoms with van der Waals surface area (Å²) in [4.78, 5) is 29.5. The average molecular weight is 754 g/mol. The minimum atomic E-state index is -2.40. The van der Waals surface area contributed by atoms with Crippen LogP contribution in [0.4, 0.5) is 4.79 Å². The number of nitrogens with zero attached hydrogens (tertiary/aromatic N) is 1. The maximum Gasteiger partial charge on any atom is 0.416 e. The molecule has 0 bridgehead atoms. The number of carbonyl (C=O) groups excluding carboxylic acids is 2. The van der Waals surface area contributed by atoms with Gasteiger partial charge in [0.2, 0.25) is 12.7 Å². The molecule has 0 aromatic heterocycles. The van der Waals surface area contributed by atoms with Crippen LogP contribution in [0.2, 0.25) is 42.3 Å². The maximum atomic E-state index is 15.1. The lowest BCUT2D eigenvalue weighted by atomic mass is 9.64. The second-order valence-corrected chi connectivity index (χ2v) is 29.1. The summed E-state index contributed by atoms with van der Waals surface area (Å²) in [5.74, 6) is -0.574. The molecule has 2 aromatic carbocycles. The molecule has 0 radical (unpaired) electrons. The molecule has 11 heteroatoms. The first kappa shape index (κ1) is 40.5. The van der Waals surface area contributed by atoms with Crippen LogP contribution in [-0.4, -0.2) is 73.2 Å². The van der Waals surface area contributed by atoms with Crippen molar-refractivity contribution in [1.29, 1.82) is 0 Å². The molecule has 0 saturated carbocycles. The van der Waals surface area contributed by atoms with E-state index in [1.807, 2.05) is 12.1 Å². The largest absolute Gasteiger partial charge is 0.454 e. The Bertz CT molecular complexity index is 1540. The number of ether oxygens (including phenoxy) is 5. The molecule has 4 atom stereocenters. The first-order valence-corrected chi connectivity index (χ1v) is 25.1. The van der Waals surface area contributed by atoms with Gasteiger partial charge in [-0.1, -0.05) is 106 Å². The molecule has 1 saturated heterocycles. The molecule has 2 aromatic rings. The summed E-state index contributed by atoms with van der Waals surface area (Å²) >= 11 is 0. The highest BCUT2D eigenvalue weighted by molar-refractivity contribution is 6.77. The molecule has 2 aliphatic heterocycles. The van der Waals surface area contributed by atoms with Gasteiger partial charge in [-0.2, -0.15) is 0 Å². The van der Waals surface area contributed by atoms with Crippen molar-refractivity contribution in [2.24, 2.45) is 11.8 Å². The quantitative estimate of drug-likeness (QED) is 0.107. The third-order valence-corrected chi connectivity index (χ3v) is 19.2. The number of rotatable bonds is 14. The van der Waals surface area contributed by atoms with Crippen LogP contribution in [0.3, 0.4) is 0 Å². The molecular weight excluding hydrogens is 691 g/mol. The second kappa shape index (κ2) is 16.0. The summed E-state index contributed by atoms with van der Waals surface area (Å²) in [6.07, 6.45) is -1.18. The highest BCUT2D eigenvalue weighted by atomic mass is 28.4. The fraction of sp³-hybridized carbons (Fsp3) is 0.659. The van der Waals surface area contributed by atoms with E-state index >= 15 is 4.79 Å². The molecule has 1 aliphatic carbocycles. The predicted octanol–water partition coefficient (Wildman–Crippen LogP) is 9.63. The third-order valence-electron chi connectivity index (χ3n) is 11.4. The monoisotopic (exact) mass is 753 g/mol. The van der Waals surface area contributed by atoms with Gasteiger partial charge in [0.1, 0.15) is 13.4 Å². The van der Waals surface area contributed by atoms with E-state index < -0.39 is 46.3 Å². The summed E-state index contributed by atoms with van der Waals surface area (Å²) < 4.78 is 37.5. The minimum absolute atomic E-state index is 0.0488. The van der Waals surface area contributed by atoms with E-state index in [0.29, 0.717) is 41.3 Å². The van der Waals surface area contributed by atoms with Gasteiger partial charge in [-0.3, -0.25) is 4.79 Å². The molecule has 2 amide bonds. The van der Waals surface area contributed by atoms with Crippen molar-refractivity contribution in [3.8, 4) is 11.5 Å². The molecule has 52 heavy (non-hydrogen) atoms. The van der Waals surface area contributed by atoms with E-state index in [-0.39, 0.29) is 38.1 Å². The topological polar surface area (TPSA) is 92.8 Å². The van der Waals surface area contributed by atoms with Gasteiger partial charge in [0.05, 0.1) is 18.6 Å². The zero-order chi connectivity index (χ0) is 38.2. The van der Waals surface area contributed by atoms with Gasteiger partial charge in [-0.05, 0) is 62.5 Å². The standard InChI is InChI=1S/C41H63NO8Si2/c1-26(2)52(27(3)4,28(5)6)50-23-33-37(39(43)42-17-18-46-40(42)44)36(29-13-15-30(16-14-29)41(7,8)9)31-21-34-35(48-25-47-34)22-32(31)38(33)49-24-45-19-20-51(10,11)12/h13-16,21-22,26-28,33,36-38H,17-20,23-25H2,1-12H3. The van der Waals surface area contributed by atoms with Crippen LogP contribution in [0.25, 0.3) is 0 Å². The number of benzene rings is 2. The van der Waals surface area contributed by atoms with Crippen molar-refractivity contribution in [2.75, 3.05) is 40.0 Å². The van der Waals surface area contributed by atoms with Crippen LogP contribution in [0, 0.1) is 11.8 Å². The Labute approximate surface area is 314 Å². The second-order valence-electron chi connectivity index (χ2n) is 18.0. The summed E-state index contributed by atoms with van der Waals surface area (Å²) in [7, 11) is -3.72. The molecule has 9 nitrogen and oxygen atoms in total. The smallest absolute Gasteiger partial charge is 0.416 e. The number of carbonyl (C=O) groups is 2. The highest BCUT2D eigenvalue weighted by Gasteiger charge is 2.53. The van der Waals surface area contributed by atoms with Crippen LogP contribution < -0.4 is 9.47 Å². The normalized spacial score (nSPS) is 22.1. The van der Waals surface area contributed by atoms with Crippen LogP contribution in [-0.2, 0) is 28.8 Å². The number of cyclic esters (lactones) is 1. The van der Waals surface area contributed by atoms with Gasteiger partial charge >= 0.3 is 6.09 Å². The first-order chi connectivity index (χ1) is 24.4. The van der Waals surface area contributed by atoms with Gasteiger partial charge in [0.15, 0.2) is 19.8 Å². The SMILES string of the molecule is CC(C)[Si](OCC1C(OCOCC[Si](C)(C)C)c2cc3c(cc2C(c2ccc(C(C)(C)C)cc2)C1C(=O)N1CCOC1=O)OCO3)(C(C)C)C(C)C. The molecular formula is C41H63NO8Si2. The van der Waals surface area contributed by atoms with Crippen molar-refractivity contribution < 1.29 is 37.7 Å². The summed E-state index contributed by atoms with van der Waals surface area (Å²) in [6, 6.07) is 13.6. The zero-order valence-corrected chi connectivity index (χ0v) is 35.7. The zero-order valence-electron chi connectivity index (χ0n) is 33.7. The Morgan fingerprint density at radius 3 is 2.02 bits per heavy atom. The van der Waals surface area contributed by atoms with Gasteiger partial charge in [-0.25, -0.2) is 9.69 Å². The fourth-order valence-electron chi connectivity index (χ4n) is 8.73. The van der Waals surface area contributed by atoms with E-state index in [9.17, 15) is 4.79 Å². The number of hydrogen-bond donors (Lipinski definition) is 0. The molecule has 4 unspecified atom stereocenters. The van der Waals surface area contributed by atoms with E-state index in [4.69, 9.17) is 28.1 Å². The van der Waals surface area contributed by atoms with Crippen molar-refractivity contribution in [2.45, 2.75) is 122 Å². The Morgan fingerprint density at radius 2 is 1.50 bits per heavy atom. The van der Waals surface area contributed by atoms with Gasteiger partial charge < -0.3 is 28.1 Å².